The van der Waals surface area contributed by atoms with Crippen LogP contribution >= 0.6 is 0 Å². The van der Waals surface area contributed by atoms with Crippen LogP contribution in [0.1, 0.15) is 11.1 Å². The highest BCUT2D eigenvalue weighted by atomic mass is 32.2. The first-order chi connectivity index (χ1) is 9.96. The second-order valence-corrected chi connectivity index (χ2v) is 6.37. The molecule has 0 aromatic heterocycles. The largest absolute Gasteiger partial charge is 0.381 e. The minimum Gasteiger partial charge on any atom is -0.381 e. The summed E-state index contributed by atoms with van der Waals surface area (Å²) < 4.78 is 24.6. The van der Waals surface area contributed by atoms with Crippen molar-refractivity contribution in [1.82, 2.24) is 0 Å². The molecule has 21 heavy (non-hydrogen) atoms. The van der Waals surface area contributed by atoms with E-state index in [4.69, 9.17) is 5.26 Å². The average molecular weight is 301 g/mol. The van der Waals surface area contributed by atoms with Crippen LogP contribution in [0.4, 0.5) is 11.4 Å². The van der Waals surface area contributed by atoms with Gasteiger partial charge in [-0.1, -0.05) is 12.1 Å². The van der Waals surface area contributed by atoms with Crippen molar-refractivity contribution in [2.45, 2.75) is 6.54 Å². The molecule has 0 aliphatic heterocycles. The second kappa shape index (κ2) is 6.29. The predicted octanol–water partition coefficient (Wildman–Crippen LogP) is 2.54. The summed E-state index contributed by atoms with van der Waals surface area (Å²) in [7, 11) is -3.25. The number of rotatable bonds is 5. The molecule has 2 N–H and O–H groups in total. The second-order valence-electron chi connectivity index (χ2n) is 4.62. The molecule has 0 amide bonds. The molecular formula is C15H15N3O2S. The van der Waals surface area contributed by atoms with Crippen LogP contribution in [0.25, 0.3) is 0 Å². The summed E-state index contributed by atoms with van der Waals surface area (Å²) in [6.07, 6.45) is 1.11. The predicted molar refractivity (Wildman–Crippen MR) is 83.4 cm³/mol. The third-order valence-electron chi connectivity index (χ3n) is 2.74. The molecule has 0 spiro atoms. The van der Waals surface area contributed by atoms with Gasteiger partial charge in [0.2, 0.25) is 10.0 Å². The molecule has 5 nitrogen and oxygen atoms in total. The number of nitrogens with one attached hydrogen (secondary N) is 2. The Bertz CT molecular complexity index is 762. The van der Waals surface area contributed by atoms with Crippen molar-refractivity contribution in [2.75, 3.05) is 16.3 Å². The lowest BCUT2D eigenvalue weighted by Gasteiger charge is -2.08. The van der Waals surface area contributed by atoms with Crippen molar-refractivity contribution in [2.24, 2.45) is 0 Å². The van der Waals surface area contributed by atoms with E-state index in [-0.39, 0.29) is 0 Å². The monoisotopic (exact) mass is 301 g/mol. The van der Waals surface area contributed by atoms with Gasteiger partial charge in [-0.2, -0.15) is 5.26 Å². The van der Waals surface area contributed by atoms with Gasteiger partial charge in [0.05, 0.1) is 17.9 Å². The van der Waals surface area contributed by atoms with E-state index in [2.05, 4.69) is 16.1 Å². The van der Waals surface area contributed by atoms with E-state index < -0.39 is 10.0 Å². The fourth-order valence-electron chi connectivity index (χ4n) is 1.83. The number of anilines is 2. The van der Waals surface area contributed by atoms with E-state index in [1.54, 1.807) is 30.3 Å². The van der Waals surface area contributed by atoms with Crippen LogP contribution in [-0.2, 0) is 16.6 Å². The van der Waals surface area contributed by atoms with Crippen LogP contribution in [0.15, 0.2) is 48.5 Å². The molecule has 2 aromatic rings. The lowest BCUT2D eigenvalue weighted by atomic mass is 10.1. The van der Waals surface area contributed by atoms with Crippen LogP contribution in [-0.4, -0.2) is 14.7 Å². The minimum atomic E-state index is -3.25. The molecule has 0 saturated carbocycles. The molecule has 0 atom stereocenters. The van der Waals surface area contributed by atoms with Crippen molar-refractivity contribution >= 4 is 21.4 Å². The standard InChI is InChI=1S/C15H15N3O2S/c1-21(19,20)18-15-7-5-14(6-8-15)17-11-13-4-2-3-12(9-13)10-16/h2-9,17-18H,11H2,1H3. The molecule has 6 heteroatoms. The summed E-state index contributed by atoms with van der Waals surface area (Å²) in [5.41, 5.74) is 3.03. The SMILES string of the molecule is CS(=O)(=O)Nc1ccc(NCc2cccc(C#N)c2)cc1. The molecule has 0 radical (unpaired) electrons. The number of nitriles is 1. The fraction of sp³-hybridized carbons (Fsp3) is 0.133. The molecule has 0 heterocycles. The summed E-state index contributed by atoms with van der Waals surface area (Å²) in [6, 6.07) is 16.4. The Labute approximate surface area is 124 Å². The van der Waals surface area contributed by atoms with E-state index >= 15 is 0 Å². The van der Waals surface area contributed by atoms with Crippen LogP contribution in [0.2, 0.25) is 0 Å². The van der Waals surface area contributed by atoms with Gasteiger partial charge >= 0.3 is 0 Å². The zero-order valence-electron chi connectivity index (χ0n) is 11.5. The minimum absolute atomic E-state index is 0.523. The Morgan fingerprint density at radius 1 is 1.10 bits per heavy atom. The molecule has 0 bridgehead atoms. The lowest BCUT2D eigenvalue weighted by molar-refractivity contribution is 0.607. The van der Waals surface area contributed by atoms with Gasteiger partial charge in [-0.05, 0) is 42.0 Å². The maximum Gasteiger partial charge on any atom is 0.229 e. The number of hydrogen-bond acceptors (Lipinski definition) is 4. The van der Waals surface area contributed by atoms with Crippen molar-refractivity contribution in [1.29, 1.82) is 5.26 Å². The summed E-state index contributed by atoms with van der Waals surface area (Å²) in [5.74, 6) is 0. The van der Waals surface area contributed by atoms with Gasteiger partial charge in [-0.3, -0.25) is 4.72 Å². The number of benzene rings is 2. The van der Waals surface area contributed by atoms with E-state index in [0.717, 1.165) is 17.5 Å². The molecule has 0 aliphatic carbocycles. The fourth-order valence-corrected chi connectivity index (χ4v) is 2.39. The molecule has 0 fully saturated rings. The van der Waals surface area contributed by atoms with Gasteiger partial charge < -0.3 is 5.32 Å². The zero-order valence-corrected chi connectivity index (χ0v) is 12.3. The number of sulfonamides is 1. The lowest BCUT2D eigenvalue weighted by Crippen LogP contribution is -2.09. The summed E-state index contributed by atoms with van der Waals surface area (Å²) >= 11 is 0. The molecule has 108 valence electrons. The number of nitrogens with zero attached hydrogens (tertiary/aromatic N) is 1. The van der Waals surface area contributed by atoms with Gasteiger partial charge in [-0.15, -0.1) is 0 Å². The maximum atomic E-state index is 11.1. The first kappa shape index (κ1) is 14.9. The Morgan fingerprint density at radius 3 is 2.38 bits per heavy atom. The average Bonchev–Trinajstić information content (AvgIpc) is 2.45. The van der Waals surface area contributed by atoms with E-state index in [1.807, 2.05) is 18.2 Å². The summed E-state index contributed by atoms with van der Waals surface area (Å²) in [5, 5.41) is 12.1. The highest BCUT2D eigenvalue weighted by molar-refractivity contribution is 7.92. The molecule has 0 unspecified atom stereocenters. The first-order valence-electron chi connectivity index (χ1n) is 6.27. The highest BCUT2D eigenvalue weighted by Crippen LogP contribution is 2.15. The van der Waals surface area contributed by atoms with Gasteiger partial charge in [0.25, 0.3) is 0 Å². The van der Waals surface area contributed by atoms with Gasteiger partial charge in [-0.25, -0.2) is 8.42 Å². The Balaban J connectivity index is 1.99. The quantitative estimate of drug-likeness (QED) is 0.889. The van der Waals surface area contributed by atoms with Crippen molar-refractivity contribution < 1.29 is 8.42 Å². The third-order valence-corrected chi connectivity index (χ3v) is 3.35. The Kier molecular flexibility index (Phi) is 4.45. The van der Waals surface area contributed by atoms with Crippen molar-refractivity contribution in [3.05, 3.63) is 59.7 Å². The van der Waals surface area contributed by atoms with Crippen molar-refractivity contribution in [3.8, 4) is 6.07 Å². The van der Waals surface area contributed by atoms with E-state index in [0.29, 0.717) is 17.8 Å². The Morgan fingerprint density at radius 2 is 1.76 bits per heavy atom. The Hall–Kier alpha value is -2.52. The maximum absolute atomic E-state index is 11.1. The van der Waals surface area contributed by atoms with Crippen LogP contribution in [0.3, 0.4) is 0 Å². The smallest absolute Gasteiger partial charge is 0.229 e. The van der Waals surface area contributed by atoms with Crippen molar-refractivity contribution in [3.63, 3.8) is 0 Å². The summed E-state index contributed by atoms with van der Waals surface area (Å²) in [6.45, 7) is 0.592. The highest BCUT2D eigenvalue weighted by Gasteiger charge is 2.01. The van der Waals surface area contributed by atoms with Gasteiger partial charge in [0, 0.05) is 17.9 Å². The normalized spacial score (nSPS) is 10.7. The van der Waals surface area contributed by atoms with Crippen LogP contribution in [0, 0.1) is 11.3 Å². The topological polar surface area (TPSA) is 82.0 Å². The first-order valence-corrected chi connectivity index (χ1v) is 8.16. The zero-order chi connectivity index (χ0) is 15.3. The van der Waals surface area contributed by atoms with Crippen LogP contribution < -0.4 is 10.0 Å². The van der Waals surface area contributed by atoms with Gasteiger partial charge in [0.15, 0.2) is 0 Å². The number of hydrogen-bond donors (Lipinski definition) is 2. The molecule has 2 aromatic carbocycles. The molecule has 0 aliphatic rings. The third kappa shape index (κ3) is 4.82. The van der Waals surface area contributed by atoms with Gasteiger partial charge in [0.1, 0.15) is 0 Å². The summed E-state index contributed by atoms with van der Waals surface area (Å²) in [4.78, 5) is 0. The van der Waals surface area contributed by atoms with Crippen LogP contribution in [0.5, 0.6) is 0 Å². The molecular weight excluding hydrogens is 286 g/mol. The molecule has 2 rings (SSSR count). The van der Waals surface area contributed by atoms with E-state index in [9.17, 15) is 8.42 Å². The van der Waals surface area contributed by atoms with E-state index in [1.165, 1.54) is 0 Å². The molecule has 0 saturated heterocycles.